The number of carbonyl (C=O) groups is 1. The summed E-state index contributed by atoms with van der Waals surface area (Å²) in [7, 11) is 1.36. The van der Waals surface area contributed by atoms with E-state index in [1.165, 1.54) is 18.2 Å². The molecule has 4 rings (SSSR count). The van der Waals surface area contributed by atoms with Gasteiger partial charge < -0.3 is 15.4 Å². The van der Waals surface area contributed by atoms with Crippen molar-refractivity contribution in [3.8, 4) is 0 Å². The maximum absolute atomic E-state index is 11.6. The van der Waals surface area contributed by atoms with Gasteiger partial charge in [0.15, 0.2) is 0 Å². The molecule has 0 aliphatic heterocycles. The lowest BCUT2D eigenvalue weighted by molar-refractivity contribution is 0.0601. The van der Waals surface area contributed by atoms with Gasteiger partial charge in [0.25, 0.3) is 0 Å². The van der Waals surface area contributed by atoms with Gasteiger partial charge >= 0.3 is 5.97 Å². The van der Waals surface area contributed by atoms with E-state index in [9.17, 15) is 4.79 Å². The maximum atomic E-state index is 11.6. The van der Waals surface area contributed by atoms with Gasteiger partial charge in [-0.1, -0.05) is 42.0 Å². The Kier molecular flexibility index (Phi) is 5.57. The van der Waals surface area contributed by atoms with Gasteiger partial charge in [-0.25, -0.2) is 9.78 Å². The van der Waals surface area contributed by atoms with Crippen LogP contribution < -0.4 is 10.6 Å². The van der Waals surface area contributed by atoms with E-state index in [0.29, 0.717) is 18.1 Å². The first-order valence-electron chi connectivity index (χ1n) is 9.64. The van der Waals surface area contributed by atoms with Crippen LogP contribution in [0.15, 0.2) is 72.8 Å². The van der Waals surface area contributed by atoms with Crippen LogP contribution in [0, 0.1) is 6.92 Å². The number of fused-ring (bicyclic) bond motifs is 1. The number of anilines is 3. The molecule has 0 unspecified atom stereocenters. The number of methoxy groups -OCH3 is 1. The molecule has 0 amide bonds. The molecule has 0 atom stereocenters. The van der Waals surface area contributed by atoms with E-state index in [1.54, 1.807) is 24.3 Å². The van der Waals surface area contributed by atoms with Crippen LogP contribution in [0.2, 0.25) is 0 Å². The molecule has 150 valence electrons. The number of aryl methyl sites for hydroxylation is 1. The van der Waals surface area contributed by atoms with Crippen LogP contribution in [-0.4, -0.2) is 23.0 Å². The molecule has 4 aromatic rings. The molecule has 0 saturated carbocycles. The van der Waals surface area contributed by atoms with E-state index in [4.69, 9.17) is 4.74 Å². The molecular formula is C24H22N4O2. The van der Waals surface area contributed by atoms with E-state index in [0.717, 1.165) is 22.4 Å². The third kappa shape index (κ3) is 4.38. The van der Waals surface area contributed by atoms with Crippen molar-refractivity contribution in [2.24, 2.45) is 0 Å². The fourth-order valence-corrected chi connectivity index (χ4v) is 3.10. The lowest BCUT2D eigenvalue weighted by Gasteiger charge is -2.12. The first kappa shape index (κ1) is 19.4. The monoisotopic (exact) mass is 398 g/mol. The minimum absolute atomic E-state index is 0.369. The van der Waals surface area contributed by atoms with E-state index in [2.05, 4.69) is 51.8 Å². The van der Waals surface area contributed by atoms with Gasteiger partial charge in [0.05, 0.1) is 18.2 Å². The Morgan fingerprint density at radius 2 is 1.67 bits per heavy atom. The van der Waals surface area contributed by atoms with Crippen LogP contribution in [0.5, 0.6) is 0 Å². The van der Waals surface area contributed by atoms with Gasteiger partial charge in [0.2, 0.25) is 5.95 Å². The normalized spacial score (nSPS) is 10.6. The second kappa shape index (κ2) is 8.61. The summed E-state index contributed by atoms with van der Waals surface area (Å²) in [5.74, 6) is 0.867. The number of para-hydroxylation sites is 1. The molecule has 0 radical (unpaired) electrons. The topological polar surface area (TPSA) is 76.1 Å². The number of nitrogens with zero attached hydrogens (tertiary/aromatic N) is 2. The highest BCUT2D eigenvalue weighted by Crippen LogP contribution is 2.24. The summed E-state index contributed by atoms with van der Waals surface area (Å²) in [4.78, 5) is 20.9. The zero-order valence-electron chi connectivity index (χ0n) is 16.8. The minimum atomic E-state index is -0.369. The van der Waals surface area contributed by atoms with Gasteiger partial charge in [-0.3, -0.25) is 0 Å². The number of benzene rings is 3. The highest BCUT2D eigenvalue weighted by atomic mass is 16.5. The highest BCUT2D eigenvalue weighted by molar-refractivity contribution is 5.91. The quantitative estimate of drug-likeness (QED) is 0.441. The molecule has 6 heteroatoms. The molecule has 1 heterocycles. The molecule has 0 saturated heterocycles. The summed E-state index contributed by atoms with van der Waals surface area (Å²) < 4.78 is 4.74. The van der Waals surface area contributed by atoms with E-state index >= 15 is 0 Å². The van der Waals surface area contributed by atoms with Crippen molar-refractivity contribution in [2.45, 2.75) is 13.5 Å². The van der Waals surface area contributed by atoms with Crippen LogP contribution in [0.4, 0.5) is 17.5 Å². The molecular weight excluding hydrogens is 376 g/mol. The van der Waals surface area contributed by atoms with E-state index in [1.807, 2.05) is 24.3 Å². The number of aromatic nitrogens is 2. The number of ether oxygens (including phenoxy) is 1. The molecule has 6 nitrogen and oxygen atoms in total. The zero-order chi connectivity index (χ0) is 20.9. The van der Waals surface area contributed by atoms with Gasteiger partial charge in [-0.15, -0.1) is 0 Å². The smallest absolute Gasteiger partial charge is 0.337 e. The fourth-order valence-electron chi connectivity index (χ4n) is 3.10. The lowest BCUT2D eigenvalue weighted by atomic mass is 10.1. The average Bonchev–Trinajstić information content (AvgIpc) is 2.78. The Morgan fingerprint density at radius 1 is 0.933 bits per heavy atom. The number of esters is 1. The van der Waals surface area contributed by atoms with Crippen molar-refractivity contribution < 1.29 is 9.53 Å². The standard InChI is InChI=1S/C24H22N4O2/c1-16-7-9-17(10-8-16)15-25-22-20-5-3-4-6-21(20)27-24(28-22)26-19-13-11-18(12-14-19)23(29)30-2/h3-14H,15H2,1-2H3,(H2,25,26,27,28). The largest absolute Gasteiger partial charge is 0.465 e. The maximum Gasteiger partial charge on any atom is 0.337 e. The van der Waals surface area contributed by atoms with Gasteiger partial charge in [0, 0.05) is 17.6 Å². The third-order valence-corrected chi connectivity index (χ3v) is 4.75. The number of rotatable bonds is 6. The molecule has 0 aliphatic carbocycles. The van der Waals surface area contributed by atoms with Crippen molar-refractivity contribution in [3.63, 3.8) is 0 Å². The van der Waals surface area contributed by atoms with Crippen LogP contribution in [0.3, 0.4) is 0 Å². The predicted octanol–water partition coefficient (Wildman–Crippen LogP) is 5.08. The lowest BCUT2D eigenvalue weighted by Crippen LogP contribution is -2.06. The SMILES string of the molecule is COC(=O)c1ccc(Nc2nc(NCc3ccc(C)cc3)c3ccccc3n2)cc1. The van der Waals surface area contributed by atoms with E-state index in [-0.39, 0.29) is 5.97 Å². The van der Waals surface area contributed by atoms with Crippen molar-refractivity contribution >= 4 is 34.3 Å². The molecule has 0 fully saturated rings. The van der Waals surface area contributed by atoms with Gasteiger partial charge in [-0.05, 0) is 48.9 Å². The Morgan fingerprint density at radius 3 is 2.40 bits per heavy atom. The van der Waals surface area contributed by atoms with Crippen molar-refractivity contribution in [2.75, 3.05) is 17.7 Å². The first-order valence-corrected chi connectivity index (χ1v) is 9.64. The summed E-state index contributed by atoms with van der Waals surface area (Å²) in [6, 6.07) is 23.3. The second-order valence-corrected chi connectivity index (χ2v) is 6.95. The minimum Gasteiger partial charge on any atom is -0.465 e. The Labute approximate surface area is 175 Å². The third-order valence-electron chi connectivity index (χ3n) is 4.75. The van der Waals surface area contributed by atoms with E-state index < -0.39 is 0 Å². The second-order valence-electron chi connectivity index (χ2n) is 6.95. The molecule has 0 aliphatic rings. The summed E-state index contributed by atoms with van der Waals surface area (Å²) in [5.41, 5.74) is 4.52. The first-order chi connectivity index (χ1) is 14.6. The Bertz CT molecular complexity index is 1170. The Hall–Kier alpha value is -3.93. The van der Waals surface area contributed by atoms with Crippen molar-refractivity contribution in [1.29, 1.82) is 0 Å². The van der Waals surface area contributed by atoms with Crippen LogP contribution in [0.1, 0.15) is 21.5 Å². The summed E-state index contributed by atoms with van der Waals surface area (Å²) in [5, 5.41) is 7.60. The molecule has 0 bridgehead atoms. The van der Waals surface area contributed by atoms with Crippen LogP contribution in [0.25, 0.3) is 10.9 Å². The zero-order valence-corrected chi connectivity index (χ0v) is 16.8. The predicted molar refractivity (Wildman–Crippen MR) is 119 cm³/mol. The Balaban J connectivity index is 1.59. The number of hydrogen-bond acceptors (Lipinski definition) is 6. The molecule has 2 N–H and O–H groups in total. The number of carbonyl (C=O) groups excluding carboxylic acids is 1. The number of nitrogens with one attached hydrogen (secondary N) is 2. The van der Waals surface area contributed by atoms with Crippen molar-refractivity contribution in [3.05, 3.63) is 89.5 Å². The molecule has 30 heavy (non-hydrogen) atoms. The fraction of sp³-hybridized carbons (Fsp3) is 0.125. The van der Waals surface area contributed by atoms with Crippen LogP contribution >= 0.6 is 0 Å². The average molecular weight is 398 g/mol. The molecule has 1 aromatic heterocycles. The summed E-state index contributed by atoms with van der Waals surface area (Å²) >= 11 is 0. The molecule has 0 spiro atoms. The van der Waals surface area contributed by atoms with Gasteiger partial charge in [-0.2, -0.15) is 4.98 Å². The summed E-state index contributed by atoms with van der Waals surface area (Å²) in [6.07, 6.45) is 0. The molecule has 3 aromatic carbocycles. The van der Waals surface area contributed by atoms with Crippen molar-refractivity contribution in [1.82, 2.24) is 9.97 Å². The van der Waals surface area contributed by atoms with Crippen LogP contribution in [-0.2, 0) is 11.3 Å². The number of hydrogen-bond donors (Lipinski definition) is 2. The summed E-state index contributed by atoms with van der Waals surface area (Å²) in [6.45, 7) is 2.74. The van der Waals surface area contributed by atoms with Gasteiger partial charge in [0.1, 0.15) is 5.82 Å². The highest BCUT2D eigenvalue weighted by Gasteiger charge is 2.09.